The molecule has 6 atom stereocenters. The Balaban J connectivity index is 2.03. The molecular weight excluding hydrogens is 660 g/mol. The van der Waals surface area contributed by atoms with Crippen LogP contribution >= 0.6 is 0 Å². The molecular formula is C43H78O9. The third-order valence-corrected chi connectivity index (χ3v) is 9.98. The fourth-order valence-corrected chi connectivity index (χ4v) is 6.66. The predicted molar refractivity (Wildman–Crippen MR) is 209 cm³/mol. The van der Waals surface area contributed by atoms with Gasteiger partial charge in [0.15, 0.2) is 6.29 Å². The highest BCUT2D eigenvalue weighted by Crippen LogP contribution is 2.29. The fraction of sp³-hybridized carbons (Fsp3) is 0.860. The second-order valence-electron chi connectivity index (χ2n) is 15.0. The van der Waals surface area contributed by atoms with Gasteiger partial charge in [-0.1, -0.05) is 160 Å². The van der Waals surface area contributed by atoms with E-state index in [0.717, 1.165) is 38.5 Å². The maximum Gasteiger partial charge on any atom is 0.305 e. The summed E-state index contributed by atoms with van der Waals surface area (Å²) < 4.78 is 16.0. The molecule has 9 nitrogen and oxygen atoms in total. The third-order valence-electron chi connectivity index (χ3n) is 9.98. The van der Waals surface area contributed by atoms with E-state index >= 15 is 0 Å². The summed E-state index contributed by atoms with van der Waals surface area (Å²) >= 11 is 0. The van der Waals surface area contributed by atoms with Crippen molar-refractivity contribution in [3.05, 3.63) is 24.3 Å². The molecule has 0 radical (unpaired) electrons. The summed E-state index contributed by atoms with van der Waals surface area (Å²) in [5.74, 6) is -1.00. The minimum atomic E-state index is -1.05. The van der Waals surface area contributed by atoms with E-state index in [2.05, 4.69) is 13.8 Å². The Morgan fingerprint density at radius 1 is 0.673 bits per heavy atom. The minimum Gasteiger partial charge on any atom is -0.463 e. The quantitative estimate of drug-likeness (QED) is 0.0289. The minimum absolute atomic E-state index is 0.137. The van der Waals surface area contributed by atoms with Crippen LogP contribution in [0.15, 0.2) is 24.3 Å². The maximum atomic E-state index is 12.1. The Bertz CT molecular complexity index is 907. The molecule has 0 aromatic heterocycles. The largest absolute Gasteiger partial charge is 0.463 e. The first-order valence-electron chi connectivity index (χ1n) is 21.3. The normalized spacial score (nSPS) is 20.4. The standard InChI is InChI=1S/C43H78O9/c1-3-5-7-8-9-10-11-12-13-14-15-16-17-18-19-20-25-29-41(47)50-34-37(45)35-51-42(48)30-26-22-21-24-28-38-39(46)33-43(49)52-40(38)32-31-36(44)27-23-6-4-2/h21,24,31-32,36-40,43-46,49H,3-20,22-23,25-30,33-35H2,1-2H3/b24-21-,32-31+/t36-,37-,38-,39-,40+,43?/m0/s1. The van der Waals surface area contributed by atoms with Crippen LogP contribution in [0.1, 0.15) is 187 Å². The molecule has 52 heavy (non-hydrogen) atoms. The molecule has 1 rings (SSSR count). The van der Waals surface area contributed by atoms with Crippen molar-refractivity contribution in [1.82, 2.24) is 0 Å². The number of carbonyl (C=O) groups excluding carboxylic acids is 2. The molecule has 1 aliphatic heterocycles. The lowest BCUT2D eigenvalue weighted by Crippen LogP contribution is -2.43. The summed E-state index contributed by atoms with van der Waals surface area (Å²) in [7, 11) is 0. The van der Waals surface area contributed by atoms with Crippen LogP contribution in [0, 0.1) is 5.92 Å². The summed E-state index contributed by atoms with van der Waals surface area (Å²) in [6.07, 6.45) is 31.5. The Kier molecular flexibility index (Phi) is 31.3. The van der Waals surface area contributed by atoms with Gasteiger partial charge < -0.3 is 34.6 Å². The molecule has 1 saturated heterocycles. The molecule has 0 spiro atoms. The molecule has 9 heteroatoms. The van der Waals surface area contributed by atoms with Crippen LogP contribution < -0.4 is 0 Å². The first kappa shape index (κ1) is 48.2. The topological polar surface area (TPSA) is 143 Å². The zero-order valence-electron chi connectivity index (χ0n) is 33.1. The molecule has 0 amide bonds. The number of aliphatic hydroxyl groups is 4. The molecule has 1 aliphatic rings. The van der Waals surface area contributed by atoms with Crippen molar-refractivity contribution in [3.8, 4) is 0 Å². The molecule has 304 valence electrons. The van der Waals surface area contributed by atoms with E-state index in [0.29, 0.717) is 32.1 Å². The van der Waals surface area contributed by atoms with Crippen molar-refractivity contribution in [2.75, 3.05) is 13.2 Å². The summed E-state index contributed by atoms with van der Waals surface area (Å²) in [5.41, 5.74) is 0. The summed E-state index contributed by atoms with van der Waals surface area (Å²) in [5, 5.41) is 40.8. The van der Waals surface area contributed by atoms with Crippen molar-refractivity contribution >= 4 is 11.9 Å². The van der Waals surface area contributed by atoms with Crippen molar-refractivity contribution in [2.24, 2.45) is 5.92 Å². The van der Waals surface area contributed by atoms with E-state index < -0.39 is 36.7 Å². The van der Waals surface area contributed by atoms with Crippen molar-refractivity contribution < 1.29 is 44.2 Å². The monoisotopic (exact) mass is 739 g/mol. The molecule has 0 aromatic carbocycles. The highest BCUT2D eigenvalue weighted by molar-refractivity contribution is 5.69. The van der Waals surface area contributed by atoms with Gasteiger partial charge in [0.1, 0.15) is 19.3 Å². The average molecular weight is 739 g/mol. The summed E-state index contributed by atoms with van der Waals surface area (Å²) in [6, 6.07) is 0. The molecule has 0 aliphatic carbocycles. The van der Waals surface area contributed by atoms with Gasteiger partial charge in [0.05, 0.1) is 18.3 Å². The van der Waals surface area contributed by atoms with Crippen LogP contribution in [-0.2, 0) is 23.8 Å². The summed E-state index contributed by atoms with van der Waals surface area (Å²) in [6.45, 7) is 3.98. The van der Waals surface area contributed by atoms with E-state index in [9.17, 15) is 30.0 Å². The zero-order valence-corrected chi connectivity index (χ0v) is 33.1. The van der Waals surface area contributed by atoms with Crippen LogP contribution in [0.3, 0.4) is 0 Å². The second kappa shape index (κ2) is 33.8. The second-order valence-corrected chi connectivity index (χ2v) is 15.0. The van der Waals surface area contributed by atoms with E-state index in [4.69, 9.17) is 14.2 Å². The molecule has 1 fully saturated rings. The van der Waals surface area contributed by atoms with E-state index in [1.54, 1.807) is 12.2 Å². The first-order chi connectivity index (χ1) is 25.3. The number of allylic oxidation sites excluding steroid dienone is 2. The van der Waals surface area contributed by atoms with Gasteiger partial charge >= 0.3 is 11.9 Å². The maximum absolute atomic E-state index is 12.1. The van der Waals surface area contributed by atoms with Gasteiger partial charge in [-0.15, -0.1) is 0 Å². The molecule has 0 aromatic rings. The van der Waals surface area contributed by atoms with Gasteiger partial charge in [-0.3, -0.25) is 9.59 Å². The van der Waals surface area contributed by atoms with Crippen LogP contribution in [0.5, 0.6) is 0 Å². The van der Waals surface area contributed by atoms with Crippen molar-refractivity contribution in [1.29, 1.82) is 0 Å². The highest BCUT2D eigenvalue weighted by Gasteiger charge is 2.35. The predicted octanol–water partition coefficient (Wildman–Crippen LogP) is 9.17. The van der Waals surface area contributed by atoms with Crippen LogP contribution in [0.4, 0.5) is 0 Å². The van der Waals surface area contributed by atoms with Gasteiger partial charge in [-0.2, -0.15) is 0 Å². The van der Waals surface area contributed by atoms with Crippen LogP contribution in [0.25, 0.3) is 0 Å². The van der Waals surface area contributed by atoms with Gasteiger partial charge in [-0.05, 0) is 32.1 Å². The highest BCUT2D eigenvalue weighted by atomic mass is 16.6. The molecule has 1 unspecified atom stereocenters. The number of hydrogen-bond donors (Lipinski definition) is 4. The Morgan fingerprint density at radius 2 is 1.15 bits per heavy atom. The lowest BCUT2D eigenvalue weighted by molar-refractivity contribution is -0.199. The first-order valence-corrected chi connectivity index (χ1v) is 21.3. The fourth-order valence-electron chi connectivity index (χ4n) is 6.66. The average Bonchev–Trinajstić information content (AvgIpc) is 3.12. The van der Waals surface area contributed by atoms with Crippen molar-refractivity contribution in [3.63, 3.8) is 0 Å². The number of esters is 2. The Hall–Kier alpha value is -1.78. The van der Waals surface area contributed by atoms with Gasteiger partial charge in [0.25, 0.3) is 0 Å². The van der Waals surface area contributed by atoms with Crippen molar-refractivity contribution in [2.45, 2.75) is 218 Å². The molecule has 0 saturated carbocycles. The van der Waals surface area contributed by atoms with Crippen LogP contribution in [0.2, 0.25) is 0 Å². The molecule has 1 heterocycles. The van der Waals surface area contributed by atoms with Crippen LogP contribution in [-0.4, -0.2) is 76.3 Å². The Morgan fingerprint density at radius 3 is 1.69 bits per heavy atom. The molecule has 4 N–H and O–H groups in total. The van der Waals surface area contributed by atoms with Gasteiger partial charge in [0, 0.05) is 25.2 Å². The Labute approximate surface area is 317 Å². The smallest absolute Gasteiger partial charge is 0.305 e. The number of hydrogen-bond acceptors (Lipinski definition) is 9. The van der Waals surface area contributed by atoms with E-state index in [1.807, 2.05) is 12.2 Å². The van der Waals surface area contributed by atoms with E-state index in [1.165, 1.54) is 89.9 Å². The number of unbranched alkanes of at least 4 members (excludes halogenated alkanes) is 19. The number of carbonyl (C=O) groups is 2. The molecule has 0 bridgehead atoms. The number of ether oxygens (including phenoxy) is 3. The van der Waals surface area contributed by atoms with Gasteiger partial charge in [0.2, 0.25) is 0 Å². The zero-order chi connectivity index (χ0) is 38.1. The summed E-state index contributed by atoms with van der Waals surface area (Å²) in [4.78, 5) is 24.1. The lowest BCUT2D eigenvalue weighted by Gasteiger charge is -2.36. The van der Waals surface area contributed by atoms with E-state index in [-0.39, 0.29) is 37.9 Å². The SMILES string of the molecule is CCCCCCCCCCCCCCCCCCCC(=O)OC[C@H](O)COC(=O)CCC/C=C\C[C@H]1[C@@H](O)CC(O)O[C@@H]1/C=C/[C@@H](O)CCCCC. The number of aliphatic hydroxyl groups excluding tert-OH is 4. The number of rotatable bonds is 34. The van der Waals surface area contributed by atoms with Gasteiger partial charge in [-0.25, -0.2) is 0 Å². The lowest BCUT2D eigenvalue weighted by atomic mass is 9.87. The third kappa shape index (κ3) is 27.8.